The van der Waals surface area contributed by atoms with E-state index in [1.807, 2.05) is 6.92 Å². The number of hydrogen-bond acceptors (Lipinski definition) is 5. The lowest BCUT2D eigenvalue weighted by Crippen LogP contribution is -2.49. The third-order valence-corrected chi connectivity index (χ3v) is 6.77. The number of piperidine rings is 1. The van der Waals surface area contributed by atoms with Crippen LogP contribution in [0.15, 0.2) is 17.5 Å². The van der Waals surface area contributed by atoms with Crippen molar-refractivity contribution in [3.63, 3.8) is 0 Å². The Balaban J connectivity index is 1.71. The Hall–Kier alpha value is -1.45. The number of carbonyl (C=O) groups is 2. The van der Waals surface area contributed by atoms with Crippen molar-refractivity contribution in [2.45, 2.75) is 32.2 Å². The van der Waals surface area contributed by atoms with Gasteiger partial charge in [-0.3, -0.25) is 9.59 Å². The van der Waals surface area contributed by atoms with Crippen LogP contribution in [0.1, 0.15) is 35.9 Å². The Morgan fingerprint density at radius 1 is 1.33 bits per heavy atom. The van der Waals surface area contributed by atoms with Crippen LogP contribution in [0.5, 0.6) is 0 Å². The molecule has 7 nitrogen and oxygen atoms in total. The van der Waals surface area contributed by atoms with Crippen molar-refractivity contribution >= 4 is 33.2 Å². The molecular formula is C15H23N3O4S2. The first-order valence-corrected chi connectivity index (χ1v) is 10.5. The molecular weight excluding hydrogens is 350 g/mol. The largest absolute Gasteiger partial charge is 0.352 e. The van der Waals surface area contributed by atoms with Crippen LogP contribution in [0.25, 0.3) is 0 Å². The van der Waals surface area contributed by atoms with Crippen molar-refractivity contribution in [1.29, 1.82) is 0 Å². The lowest BCUT2D eigenvalue weighted by Gasteiger charge is -2.31. The van der Waals surface area contributed by atoms with E-state index in [9.17, 15) is 18.0 Å². The molecule has 1 fully saturated rings. The van der Waals surface area contributed by atoms with Crippen molar-refractivity contribution in [3.8, 4) is 0 Å². The van der Waals surface area contributed by atoms with Gasteiger partial charge in [-0.15, -0.1) is 11.3 Å². The van der Waals surface area contributed by atoms with Gasteiger partial charge < -0.3 is 10.6 Å². The zero-order valence-electron chi connectivity index (χ0n) is 13.7. The van der Waals surface area contributed by atoms with Crippen LogP contribution in [0, 0.1) is 0 Å². The van der Waals surface area contributed by atoms with Gasteiger partial charge in [-0.2, -0.15) is 0 Å². The molecule has 9 heteroatoms. The highest BCUT2D eigenvalue weighted by Crippen LogP contribution is 2.15. The molecule has 1 aliphatic heterocycles. The summed E-state index contributed by atoms with van der Waals surface area (Å²) in [5.41, 5.74) is 0. The first-order chi connectivity index (χ1) is 11.4. The molecule has 1 saturated heterocycles. The summed E-state index contributed by atoms with van der Waals surface area (Å²) in [5.74, 6) is -0.353. The normalized spacial score (nSPS) is 16.7. The number of hydrogen-bond donors (Lipinski definition) is 2. The van der Waals surface area contributed by atoms with Crippen molar-refractivity contribution in [2.75, 3.05) is 25.4 Å². The van der Waals surface area contributed by atoms with Crippen LogP contribution in [0.4, 0.5) is 0 Å². The molecule has 0 aliphatic carbocycles. The standard InChI is InChI=1S/C15H23N3O4S2/c1-2-10-24(21,22)18-7-5-12(6-8-18)17-14(19)11-16-15(20)13-4-3-9-23-13/h3-4,9,12H,2,5-8,10-11H2,1H3,(H,16,20)(H,17,19). The summed E-state index contributed by atoms with van der Waals surface area (Å²) in [7, 11) is -3.17. The van der Waals surface area contributed by atoms with Gasteiger partial charge in [0.05, 0.1) is 17.2 Å². The van der Waals surface area contributed by atoms with Crippen molar-refractivity contribution in [3.05, 3.63) is 22.4 Å². The van der Waals surface area contributed by atoms with Gasteiger partial charge in [-0.25, -0.2) is 12.7 Å². The summed E-state index contributed by atoms with van der Waals surface area (Å²) in [6.07, 6.45) is 1.78. The van der Waals surface area contributed by atoms with E-state index in [4.69, 9.17) is 0 Å². The number of rotatable bonds is 7. The molecule has 24 heavy (non-hydrogen) atoms. The molecule has 0 saturated carbocycles. The number of carbonyl (C=O) groups excluding carboxylic acids is 2. The second-order valence-electron chi connectivity index (χ2n) is 5.72. The Labute approximate surface area is 146 Å². The third-order valence-electron chi connectivity index (χ3n) is 3.83. The van der Waals surface area contributed by atoms with E-state index in [1.54, 1.807) is 17.5 Å². The number of nitrogens with one attached hydrogen (secondary N) is 2. The molecule has 2 heterocycles. The number of thiophene rings is 1. The quantitative estimate of drug-likeness (QED) is 0.739. The van der Waals surface area contributed by atoms with E-state index < -0.39 is 10.0 Å². The molecule has 0 atom stereocenters. The smallest absolute Gasteiger partial charge is 0.261 e. The van der Waals surface area contributed by atoms with Gasteiger partial charge in [-0.1, -0.05) is 13.0 Å². The van der Waals surface area contributed by atoms with E-state index in [0.29, 0.717) is 37.2 Å². The first-order valence-electron chi connectivity index (χ1n) is 8.01. The Bertz CT molecular complexity index is 650. The lowest BCUT2D eigenvalue weighted by atomic mass is 10.1. The van der Waals surface area contributed by atoms with Gasteiger partial charge in [0.2, 0.25) is 15.9 Å². The van der Waals surface area contributed by atoms with Crippen LogP contribution >= 0.6 is 11.3 Å². The molecule has 1 aliphatic rings. The summed E-state index contributed by atoms with van der Waals surface area (Å²) in [6, 6.07) is 3.42. The second kappa shape index (κ2) is 8.59. The zero-order chi connectivity index (χ0) is 17.6. The fraction of sp³-hybridized carbons (Fsp3) is 0.600. The van der Waals surface area contributed by atoms with Crippen molar-refractivity contribution < 1.29 is 18.0 Å². The fourth-order valence-corrected chi connectivity index (χ4v) is 4.78. The lowest BCUT2D eigenvalue weighted by molar-refractivity contribution is -0.121. The molecule has 134 valence electrons. The first kappa shape index (κ1) is 18.9. The molecule has 0 unspecified atom stereocenters. The van der Waals surface area contributed by atoms with Crippen LogP contribution < -0.4 is 10.6 Å². The number of nitrogens with zero attached hydrogens (tertiary/aromatic N) is 1. The molecule has 0 aromatic carbocycles. The summed E-state index contributed by atoms with van der Waals surface area (Å²) < 4.78 is 25.5. The topological polar surface area (TPSA) is 95.6 Å². The summed E-state index contributed by atoms with van der Waals surface area (Å²) in [4.78, 5) is 24.2. The highest BCUT2D eigenvalue weighted by Gasteiger charge is 2.27. The molecule has 1 aromatic heterocycles. The zero-order valence-corrected chi connectivity index (χ0v) is 15.3. The van der Waals surface area contributed by atoms with Gasteiger partial charge >= 0.3 is 0 Å². The van der Waals surface area contributed by atoms with Gasteiger partial charge in [0, 0.05) is 19.1 Å². The monoisotopic (exact) mass is 373 g/mol. The van der Waals surface area contributed by atoms with Crippen molar-refractivity contribution in [2.24, 2.45) is 0 Å². The fourth-order valence-electron chi connectivity index (χ4n) is 2.60. The average molecular weight is 374 g/mol. The molecule has 0 bridgehead atoms. The van der Waals surface area contributed by atoms with E-state index in [0.717, 1.165) is 0 Å². The second-order valence-corrected chi connectivity index (χ2v) is 8.75. The minimum Gasteiger partial charge on any atom is -0.352 e. The van der Waals surface area contributed by atoms with Crippen LogP contribution in [0.3, 0.4) is 0 Å². The molecule has 2 amide bonds. The number of sulfonamides is 1. The van der Waals surface area contributed by atoms with Gasteiger partial charge in [0.1, 0.15) is 0 Å². The van der Waals surface area contributed by atoms with Crippen LogP contribution in [-0.2, 0) is 14.8 Å². The summed E-state index contributed by atoms with van der Waals surface area (Å²) >= 11 is 1.32. The molecule has 0 radical (unpaired) electrons. The SMILES string of the molecule is CCCS(=O)(=O)N1CCC(NC(=O)CNC(=O)c2cccs2)CC1. The number of amides is 2. The van der Waals surface area contributed by atoms with E-state index in [-0.39, 0.29) is 30.2 Å². The highest BCUT2D eigenvalue weighted by atomic mass is 32.2. The Morgan fingerprint density at radius 2 is 2.04 bits per heavy atom. The van der Waals surface area contributed by atoms with Crippen LogP contribution in [0.2, 0.25) is 0 Å². The molecule has 2 rings (SSSR count). The third kappa shape index (κ3) is 5.29. The minimum atomic E-state index is -3.17. The van der Waals surface area contributed by atoms with E-state index in [1.165, 1.54) is 15.6 Å². The maximum absolute atomic E-state index is 12.0. The van der Waals surface area contributed by atoms with Gasteiger partial charge in [0.15, 0.2) is 0 Å². The molecule has 0 spiro atoms. The Kier molecular flexibility index (Phi) is 6.76. The Morgan fingerprint density at radius 3 is 2.62 bits per heavy atom. The molecule has 1 aromatic rings. The van der Waals surface area contributed by atoms with E-state index >= 15 is 0 Å². The molecule has 2 N–H and O–H groups in total. The predicted octanol–water partition coefficient (Wildman–Crippen LogP) is 0.798. The average Bonchev–Trinajstić information content (AvgIpc) is 3.07. The van der Waals surface area contributed by atoms with Crippen molar-refractivity contribution in [1.82, 2.24) is 14.9 Å². The summed E-state index contributed by atoms with van der Waals surface area (Å²) in [6.45, 7) is 2.61. The highest BCUT2D eigenvalue weighted by molar-refractivity contribution is 7.89. The maximum Gasteiger partial charge on any atom is 0.261 e. The van der Waals surface area contributed by atoms with E-state index in [2.05, 4.69) is 10.6 Å². The maximum atomic E-state index is 12.0. The van der Waals surface area contributed by atoms with Gasteiger partial charge in [0.25, 0.3) is 5.91 Å². The van der Waals surface area contributed by atoms with Gasteiger partial charge in [-0.05, 0) is 30.7 Å². The van der Waals surface area contributed by atoms with Crippen LogP contribution in [-0.4, -0.2) is 56.0 Å². The minimum absolute atomic E-state index is 0.0517. The summed E-state index contributed by atoms with van der Waals surface area (Å²) in [5, 5.41) is 7.23. The predicted molar refractivity (Wildman–Crippen MR) is 93.5 cm³/mol.